The molecule has 2 aromatic carbocycles. The normalized spacial score (nSPS) is 13.5. The van der Waals surface area contributed by atoms with Crippen molar-refractivity contribution in [2.24, 2.45) is 5.92 Å². The summed E-state index contributed by atoms with van der Waals surface area (Å²) >= 11 is 0. The van der Waals surface area contributed by atoms with Crippen LogP contribution in [0.1, 0.15) is 41.5 Å². The number of aryl methyl sites for hydroxylation is 2. The van der Waals surface area contributed by atoms with E-state index in [2.05, 4.69) is 69.3 Å². The number of carbonyl (C=O) groups is 1. The first kappa shape index (κ1) is 16.3. The van der Waals surface area contributed by atoms with Crippen molar-refractivity contribution in [2.75, 3.05) is 7.11 Å². The summed E-state index contributed by atoms with van der Waals surface area (Å²) in [5.41, 5.74) is 5.03. The molecule has 0 aromatic heterocycles. The minimum atomic E-state index is -0.154. The first-order chi connectivity index (χ1) is 10.5. The van der Waals surface area contributed by atoms with Crippen LogP contribution in [0.25, 0.3) is 0 Å². The second-order valence-electron chi connectivity index (χ2n) is 6.01. The van der Waals surface area contributed by atoms with Crippen LogP contribution in [0.5, 0.6) is 0 Å². The average molecular weight is 296 g/mol. The number of methoxy groups -OCH3 is 1. The SMILES string of the molecule is COC(=O)CC(C)C(c1cccc(C)c1)c1ccccc1C. The van der Waals surface area contributed by atoms with Crippen LogP contribution < -0.4 is 0 Å². The monoisotopic (exact) mass is 296 g/mol. The third-order valence-electron chi connectivity index (χ3n) is 4.21. The summed E-state index contributed by atoms with van der Waals surface area (Å²) in [5.74, 6) is 0.217. The highest BCUT2D eigenvalue weighted by Crippen LogP contribution is 2.36. The zero-order chi connectivity index (χ0) is 16.1. The van der Waals surface area contributed by atoms with Gasteiger partial charge in [-0.05, 0) is 36.5 Å². The van der Waals surface area contributed by atoms with E-state index in [-0.39, 0.29) is 17.8 Å². The topological polar surface area (TPSA) is 26.3 Å². The molecule has 2 atom stereocenters. The smallest absolute Gasteiger partial charge is 0.305 e. The van der Waals surface area contributed by atoms with Crippen molar-refractivity contribution in [1.82, 2.24) is 0 Å². The number of esters is 1. The summed E-state index contributed by atoms with van der Waals surface area (Å²) in [6.45, 7) is 6.35. The number of benzene rings is 2. The highest BCUT2D eigenvalue weighted by atomic mass is 16.5. The van der Waals surface area contributed by atoms with Gasteiger partial charge in [-0.15, -0.1) is 0 Å². The Morgan fingerprint density at radius 3 is 2.45 bits per heavy atom. The van der Waals surface area contributed by atoms with E-state index in [4.69, 9.17) is 4.74 Å². The third kappa shape index (κ3) is 3.76. The maximum atomic E-state index is 11.7. The molecule has 2 rings (SSSR count). The van der Waals surface area contributed by atoms with E-state index < -0.39 is 0 Å². The fourth-order valence-corrected chi connectivity index (χ4v) is 3.08. The van der Waals surface area contributed by atoms with Gasteiger partial charge in [0.1, 0.15) is 0 Å². The number of carbonyl (C=O) groups excluding carboxylic acids is 1. The Morgan fingerprint density at radius 1 is 1.09 bits per heavy atom. The van der Waals surface area contributed by atoms with Gasteiger partial charge in [0.15, 0.2) is 0 Å². The van der Waals surface area contributed by atoms with Crippen molar-refractivity contribution in [3.8, 4) is 0 Å². The molecular weight excluding hydrogens is 272 g/mol. The van der Waals surface area contributed by atoms with Gasteiger partial charge in [0, 0.05) is 12.3 Å². The van der Waals surface area contributed by atoms with Crippen LogP contribution >= 0.6 is 0 Å². The van der Waals surface area contributed by atoms with E-state index in [1.54, 1.807) is 0 Å². The first-order valence-electron chi connectivity index (χ1n) is 7.72. The fourth-order valence-electron chi connectivity index (χ4n) is 3.08. The zero-order valence-electron chi connectivity index (χ0n) is 13.8. The van der Waals surface area contributed by atoms with Gasteiger partial charge in [0.05, 0.1) is 7.11 Å². The standard InChI is InChI=1S/C20H24O2/c1-14-8-7-10-17(12-14)20(16(3)13-19(21)22-4)18-11-6-5-9-15(18)2/h5-12,16,20H,13H2,1-4H3. The molecule has 2 aromatic rings. The third-order valence-corrected chi connectivity index (χ3v) is 4.21. The molecule has 0 saturated carbocycles. The summed E-state index contributed by atoms with van der Waals surface area (Å²) in [7, 11) is 1.45. The Balaban J connectivity index is 2.45. The second-order valence-corrected chi connectivity index (χ2v) is 6.01. The molecule has 0 aliphatic rings. The Morgan fingerprint density at radius 2 is 1.82 bits per heavy atom. The van der Waals surface area contributed by atoms with E-state index >= 15 is 0 Å². The van der Waals surface area contributed by atoms with E-state index in [1.807, 2.05) is 0 Å². The van der Waals surface area contributed by atoms with Crippen LogP contribution in [-0.2, 0) is 9.53 Å². The predicted molar refractivity (Wildman–Crippen MR) is 90.0 cm³/mol. The van der Waals surface area contributed by atoms with Crippen LogP contribution in [0.3, 0.4) is 0 Å². The van der Waals surface area contributed by atoms with Gasteiger partial charge in [0.25, 0.3) is 0 Å². The predicted octanol–water partition coefficient (Wildman–Crippen LogP) is 4.63. The van der Waals surface area contributed by atoms with Crippen molar-refractivity contribution < 1.29 is 9.53 Å². The van der Waals surface area contributed by atoms with Crippen LogP contribution in [0, 0.1) is 19.8 Å². The van der Waals surface area contributed by atoms with Crippen LogP contribution in [0.15, 0.2) is 48.5 Å². The van der Waals surface area contributed by atoms with E-state index in [0.29, 0.717) is 6.42 Å². The molecule has 2 unspecified atom stereocenters. The molecule has 0 fully saturated rings. The molecule has 0 N–H and O–H groups in total. The lowest BCUT2D eigenvalue weighted by Crippen LogP contribution is -2.17. The molecule has 0 bridgehead atoms. The molecule has 22 heavy (non-hydrogen) atoms. The first-order valence-corrected chi connectivity index (χ1v) is 7.72. The fraction of sp³-hybridized carbons (Fsp3) is 0.350. The molecule has 0 radical (unpaired) electrons. The summed E-state index contributed by atoms with van der Waals surface area (Å²) in [6, 6.07) is 17.0. The van der Waals surface area contributed by atoms with Gasteiger partial charge in [-0.2, -0.15) is 0 Å². The van der Waals surface area contributed by atoms with Crippen molar-refractivity contribution in [2.45, 2.75) is 33.1 Å². The minimum absolute atomic E-state index is 0.154. The Hall–Kier alpha value is -2.09. The quantitative estimate of drug-likeness (QED) is 0.752. The van der Waals surface area contributed by atoms with Crippen molar-refractivity contribution in [3.63, 3.8) is 0 Å². The molecular formula is C20H24O2. The summed E-state index contributed by atoms with van der Waals surface area (Å²) in [6.07, 6.45) is 0.420. The number of rotatable bonds is 5. The maximum Gasteiger partial charge on any atom is 0.305 e. The number of hydrogen-bond acceptors (Lipinski definition) is 2. The Labute approximate surface area is 133 Å². The van der Waals surface area contributed by atoms with E-state index in [9.17, 15) is 4.79 Å². The number of hydrogen-bond donors (Lipinski definition) is 0. The molecule has 0 aliphatic carbocycles. The molecule has 0 amide bonds. The number of ether oxygens (including phenoxy) is 1. The Kier molecular flexibility index (Phi) is 5.37. The molecule has 116 valence electrons. The lowest BCUT2D eigenvalue weighted by atomic mass is 9.78. The molecule has 2 heteroatoms. The van der Waals surface area contributed by atoms with Gasteiger partial charge in [-0.1, -0.05) is 61.0 Å². The molecule has 0 saturated heterocycles. The van der Waals surface area contributed by atoms with Crippen molar-refractivity contribution >= 4 is 5.97 Å². The molecule has 0 heterocycles. The van der Waals surface area contributed by atoms with Gasteiger partial charge in [-0.25, -0.2) is 0 Å². The van der Waals surface area contributed by atoms with E-state index in [0.717, 1.165) is 0 Å². The largest absolute Gasteiger partial charge is 0.469 e. The van der Waals surface area contributed by atoms with E-state index in [1.165, 1.54) is 29.4 Å². The lowest BCUT2D eigenvalue weighted by molar-refractivity contribution is -0.141. The highest BCUT2D eigenvalue weighted by Gasteiger charge is 2.25. The van der Waals surface area contributed by atoms with Crippen molar-refractivity contribution in [1.29, 1.82) is 0 Å². The van der Waals surface area contributed by atoms with Crippen molar-refractivity contribution in [3.05, 3.63) is 70.8 Å². The van der Waals surface area contributed by atoms with Gasteiger partial charge < -0.3 is 4.74 Å². The summed E-state index contributed by atoms with van der Waals surface area (Å²) < 4.78 is 4.86. The maximum absolute atomic E-state index is 11.7. The second kappa shape index (κ2) is 7.26. The van der Waals surface area contributed by atoms with Crippen LogP contribution in [0.4, 0.5) is 0 Å². The van der Waals surface area contributed by atoms with Gasteiger partial charge >= 0.3 is 5.97 Å². The average Bonchev–Trinajstić information content (AvgIpc) is 2.49. The van der Waals surface area contributed by atoms with Crippen LogP contribution in [0.2, 0.25) is 0 Å². The summed E-state index contributed by atoms with van der Waals surface area (Å²) in [4.78, 5) is 11.7. The minimum Gasteiger partial charge on any atom is -0.469 e. The zero-order valence-corrected chi connectivity index (χ0v) is 13.8. The van der Waals surface area contributed by atoms with Gasteiger partial charge in [0.2, 0.25) is 0 Å². The summed E-state index contributed by atoms with van der Waals surface area (Å²) in [5, 5.41) is 0. The molecule has 0 spiro atoms. The highest BCUT2D eigenvalue weighted by molar-refractivity contribution is 5.69. The van der Waals surface area contributed by atoms with Crippen LogP contribution in [-0.4, -0.2) is 13.1 Å². The molecule has 0 aliphatic heterocycles. The van der Waals surface area contributed by atoms with Gasteiger partial charge in [-0.3, -0.25) is 4.79 Å². The molecule has 2 nitrogen and oxygen atoms in total. The Bertz CT molecular complexity index is 646. The lowest BCUT2D eigenvalue weighted by Gasteiger charge is -2.26.